The Labute approximate surface area is 128 Å². The summed E-state index contributed by atoms with van der Waals surface area (Å²) in [6.45, 7) is 5.33. The molecule has 0 aliphatic rings. The first-order chi connectivity index (χ1) is 9.76. The highest BCUT2D eigenvalue weighted by Crippen LogP contribution is 2.29. The zero-order chi connectivity index (χ0) is 15.4. The van der Waals surface area contributed by atoms with Gasteiger partial charge in [-0.05, 0) is 42.8 Å². The zero-order valence-electron chi connectivity index (χ0n) is 11.7. The molecule has 0 aliphatic carbocycles. The van der Waals surface area contributed by atoms with Gasteiger partial charge in [0, 0.05) is 10.7 Å². The number of hydrogen-bond acceptors (Lipinski definition) is 5. The molecule has 0 radical (unpaired) electrons. The SMILES string of the molecule is CC(C)(C)OC(=O)n1ncc2c1nn1cc(Br)cc(O)c21. The fraction of sp³-hybridized carbons (Fsp3) is 0.308. The largest absolute Gasteiger partial charge is 0.506 e. The highest BCUT2D eigenvalue weighted by molar-refractivity contribution is 9.10. The fourth-order valence-electron chi connectivity index (χ4n) is 2.02. The van der Waals surface area contributed by atoms with Crippen molar-refractivity contribution in [3.63, 3.8) is 0 Å². The monoisotopic (exact) mass is 352 g/mol. The van der Waals surface area contributed by atoms with E-state index in [9.17, 15) is 9.90 Å². The summed E-state index contributed by atoms with van der Waals surface area (Å²) < 4.78 is 8.53. The lowest BCUT2D eigenvalue weighted by molar-refractivity contribution is 0.0521. The van der Waals surface area contributed by atoms with Gasteiger partial charge in [-0.1, -0.05) is 0 Å². The molecule has 0 saturated carbocycles. The third-order valence-corrected chi connectivity index (χ3v) is 3.19. The average Bonchev–Trinajstić information content (AvgIpc) is 2.82. The lowest BCUT2D eigenvalue weighted by Gasteiger charge is -2.18. The minimum Gasteiger partial charge on any atom is -0.506 e. The predicted octanol–water partition coefficient (Wildman–Crippen LogP) is 2.94. The lowest BCUT2D eigenvalue weighted by Crippen LogP contribution is -2.27. The maximum absolute atomic E-state index is 12.1. The first-order valence-corrected chi connectivity index (χ1v) is 7.03. The van der Waals surface area contributed by atoms with Crippen LogP contribution in [0.1, 0.15) is 20.8 Å². The first-order valence-electron chi connectivity index (χ1n) is 6.24. The number of aromatic hydroxyl groups is 1. The number of rotatable bonds is 0. The topological polar surface area (TPSA) is 81.7 Å². The van der Waals surface area contributed by atoms with Gasteiger partial charge >= 0.3 is 6.09 Å². The maximum Gasteiger partial charge on any atom is 0.437 e. The smallest absolute Gasteiger partial charge is 0.437 e. The van der Waals surface area contributed by atoms with E-state index in [-0.39, 0.29) is 5.75 Å². The summed E-state index contributed by atoms with van der Waals surface area (Å²) in [7, 11) is 0. The van der Waals surface area contributed by atoms with Gasteiger partial charge in [0.15, 0.2) is 5.65 Å². The molecule has 0 bridgehead atoms. The molecular weight excluding hydrogens is 340 g/mol. The molecule has 110 valence electrons. The van der Waals surface area contributed by atoms with Crippen molar-refractivity contribution in [3.05, 3.63) is 22.9 Å². The Morgan fingerprint density at radius 2 is 2.14 bits per heavy atom. The van der Waals surface area contributed by atoms with Crippen molar-refractivity contribution in [2.75, 3.05) is 0 Å². The van der Waals surface area contributed by atoms with Crippen LogP contribution in [0.2, 0.25) is 0 Å². The van der Waals surface area contributed by atoms with E-state index in [2.05, 4.69) is 26.1 Å². The molecule has 0 spiro atoms. The van der Waals surface area contributed by atoms with Crippen LogP contribution in [0.25, 0.3) is 16.6 Å². The van der Waals surface area contributed by atoms with Crippen molar-refractivity contribution in [2.24, 2.45) is 0 Å². The summed E-state index contributed by atoms with van der Waals surface area (Å²) in [5, 5.41) is 18.9. The van der Waals surface area contributed by atoms with E-state index in [0.717, 1.165) is 4.68 Å². The number of aromatic nitrogens is 4. The van der Waals surface area contributed by atoms with E-state index < -0.39 is 11.7 Å². The van der Waals surface area contributed by atoms with Gasteiger partial charge in [0.25, 0.3) is 0 Å². The van der Waals surface area contributed by atoms with Gasteiger partial charge < -0.3 is 9.84 Å². The molecule has 0 aliphatic heterocycles. The van der Waals surface area contributed by atoms with Crippen molar-refractivity contribution in [1.29, 1.82) is 0 Å². The van der Waals surface area contributed by atoms with E-state index >= 15 is 0 Å². The third-order valence-electron chi connectivity index (χ3n) is 2.76. The maximum atomic E-state index is 12.1. The molecule has 0 saturated heterocycles. The first kappa shape index (κ1) is 13.9. The number of hydrogen-bond donors (Lipinski definition) is 1. The van der Waals surface area contributed by atoms with Crippen LogP contribution < -0.4 is 0 Å². The molecule has 0 unspecified atom stereocenters. The number of fused-ring (bicyclic) bond motifs is 3. The van der Waals surface area contributed by atoms with Gasteiger partial charge in [0.2, 0.25) is 0 Å². The van der Waals surface area contributed by atoms with E-state index in [4.69, 9.17) is 4.74 Å². The van der Waals surface area contributed by atoms with E-state index in [0.29, 0.717) is 21.0 Å². The standard InChI is InChI=1S/C13H13BrN4O3/c1-13(2,3)21-12(20)18-11-8(5-15-18)10-9(19)4-7(14)6-17(10)16-11/h4-6,19H,1-3H3. The predicted molar refractivity (Wildman–Crippen MR) is 79.5 cm³/mol. The van der Waals surface area contributed by atoms with Crippen LogP contribution in [0.15, 0.2) is 22.9 Å². The molecule has 0 amide bonds. The summed E-state index contributed by atoms with van der Waals surface area (Å²) >= 11 is 3.28. The molecule has 0 atom stereocenters. The van der Waals surface area contributed by atoms with Crippen molar-refractivity contribution in [3.8, 4) is 5.75 Å². The van der Waals surface area contributed by atoms with Gasteiger partial charge in [-0.25, -0.2) is 9.31 Å². The average molecular weight is 353 g/mol. The Morgan fingerprint density at radius 3 is 2.81 bits per heavy atom. The Hall–Kier alpha value is -2.09. The quantitative estimate of drug-likeness (QED) is 0.672. The molecule has 8 heteroatoms. The lowest BCUT2D eigenvalue weighted by atomic mass is 10.2. The fourth-order valence-corrected chi connectivity index (χ4v) is 2.43. The molecule has 0 aromatic carbocycles. The second-order valence-corrected chi connectivity index (χ2v) is 6.53. The van der Waals surface area contributed by atoms with Crippen LogP contribution in [-0.4, -0.2) is 36.2 Å². The normalized spacial score (nSPS) is 12.2. The molecule has 3 aromatic heterocycles. The Balaban J connectivity index is 2.19. The highest BCUT2D eigenvalue weighted by atomic mass is 79.9. The summed E-state index contributed by atoms with van der Waals surface area (Å²) in [6.07, 6.45) is 2.56. The third kappa shape index (κ3) is 2.35. The van der Waals surface area contributed by atoms with Crippen LogP contribution in [0, 0.1) is 0 Å². The molecular formula is C13H13BrN4O3. The van der Waals surface area contributed by atoms with Crippen LogP contribution >= 0.6 is 15.9 Å². The van der Waals surface area contributed by atoms with Gasteiger partial charge in [0.05, 0.1) is 11.6 Å². The minimum absolute atomic E-state index is 0.0515. The number of halogens is 1. The van der Waals surface area contributed by atoms with Gasteiger partial charge in [-0.15, -0.1) is 9.78 Å². The summed E-state index contributed by atoms with van der Waals surface area (Å²) in [5.41, 5.74) is 0.195. The summed E-state index contributed by atoms with van der Waals surface area (Å²) in [5.74, 6) is 0.0515. The molecule has 0 fully saturated rings. The number of carbonyl (C=O) groups is 1. The van der Waals surface area contributed by atoms with Crippen molar-refractivity contribution in [1.82, 2.24) is 19.4 Å². The minimum atomic E-state index is -0.625. The van der Waals surface area contributed by atoms with Crippen molar-refractivity contribution < 1.29 is 14.6 Å². The Kier molecular flexibility index (Phi) is 2.94. The van der Waals surface area contributed by atoms with Crippen LogP contribution in [0.4, 0.5) is 4.79 Å². The number of carbonyl (C=O) groups excluding carboxylic acids is 1. The van der Waals surface area contributed by atoms with Gasteiger partial charge in [-0.2, -0.15) is 5.10 Å². The second-order valence-electron chi connectivity index (χ2n) is 5.61. The van der Waals surface area contributed by atoms with Crippen LogP contribution in [-0.2, 0) is 4.74 Å². The van der Waals surface area contributed by atoms with Gasteiger partial charge in [-0.3, -0.25) is 0 Å². The number of nitrogens with zero attached hydrogens (tertiary/aromatic N) is 4. The second kappa shape index (κ2) is 4.45. The molecule has 21 heavy (non-hydrogen) atoms. The van der Waals surface area contributed by atoms with E-state index in [1.807, 2.05) is 0 Å². The number of pyridine rings is 1. The van der Waals surface area contributed by atoms with Gasteiger partial charge in [0.1, 0.15) is 16.9 Å². The van der Waals surface area contributed by atoms with Crippen molar-refractivity contribution in [2.45, 2.75) is 26.4 Å². The Bertz CT molecular complexity index is 860. The molecule has 1 N–H and O–H groups in total. The molecule has 7 nitrogen and oxygen atoms in total. The van der Waals surface area contributed by atoms with Crippen LogP contribution in [0.3, 0.4) is 0 Å². The van der Waals surface area contributed by atoms with Crippen LogP contribution in [0.5, 0.6) is 5.75 Å². The Morgan fingerprint density at radius 1 is 1.43 bits per heavy atom. The molecule has 3 aromatic rings. The zero-order valence-corrected chi connectivity index (χ0v) is 13.2. The molecule has 3 heterocycles. The summed E-state index contributed by atoms with van der Waals surface area (Å²) in [6, 6.07) is 1.56. The van der Waals surface area contributed by atoms with E-state index in [1.54, 1.807) is 33.0 Å². The summed E-state index contributed by atoms with van der Waals surface area (Å²) in [4.78, 5) is 12.1. The van der Waals surface area contributed by atoms with Crippen molar-refractivity contribution >= 4 is 38.6 Å². The highest BCUT2D eigenvalue weighted by Gasteiger charge is 2.23. The number of ether oxygens (including phenoxy) is 1. The van der Waals surface area contributed by atoms with E-state index in [1.165, 1.54) is 10.7 Å². The molecule has 3 rings (SSSR count).